The average Bonchev–Trinajstić information content (AvgIpc) is 3.68. The van der Waals surface area contributed by atoms with Crippen molar-refractivity contribution in [2.24, 2.45) is 11.7 Å². The van der Waals surface area contributed by atoms with Crippen molar-refractivity contribution in [2.45, 2.75) is 115 Å². The van der Waals surface area contributed by atoms with E-state index in [0.29, 0.717) is 32.3 Å². The van der Waals surface area contributed by atoms with Gasteiger partial charge in [0.25, 0.3) is 0 Å². The number of aliphatic hydroxyl groups is 1. The molecule has 5 N–H and O–H groups in total. The SMILES string of the molecule is CC(=O)O[C@@H](C)/C=C\C(=O)N[C@@H]1C[C@H](C)[C@H](C/C=C(C)/C=C/[C@H]2O[C@H](CN[C@](C)(N)C=O)C[C@@]3(CO3)[C@@H]2O)O[C@@H]1C. The highest BCUT2D eigenvalue weighted by atomic mass is 16.6. The first-order valence-corrected chi connectivity index (χ1v) is 14.4. The maximum Gasteiger partial charge on any atom is 0.303 e. The van der Waals surface area contributed by atoms with Gasteiger partial charge in [-0.25, -0.2) is 0 Å². The Morgan fingerprint density at radius 1 is 1.24 bits per heavy atom. The lowest BCUT2D eigenvalue weighted by atomic mass is 9.87. The number of hydrogen-bond donors (Lipinski definition) is 4. The Balaban J connectivity index is 1.50. The molecule has 0 aromatic heterocycles. The van der Waals surface area contributed by atoms with E-state index in [1.165, 1.54) is 13.0 Å². The number of aldehydes is 1. The van der Waals surface area contributed by atoms with Crippen molar-refractivity contribution in [3.8, 4) is 0 Å². The fourth-order valence-corrected chi connectivity index (χ4v) is 5.26. The quantitative estimate of drug-likeness (QED) is 0.0667. The van der Waals surface area contributed by atoms with Crippen LogP contribution in [-0.4, -0.2) is 90.4 Å². The summed E-state index contributed by atoms with van der Waals surface area (Å²) in [7, 11) is 0. The number of nitrogens with two attached hydrogens (primary N) is 1. The van der Waals surface area contributed by atoms with Crippen LogP contribution >= 0.6 is 0 Å². The van der Waals surface area contributed by atoms with E-state index in [2.05, 4.69) is 23.6 Å². The summed E-state index contributed by atoms with van der Waals surface area (Å²) in [5.74, 6) is -0.427. The maximum atomic E-state index is 12.4. The molecule has 0 radical (unpaired) electrons. The molecular weight excluding hydrogens is 530 g/mol. The Bertz CT molecular complexity index is 1020. The van der Waals surface area contributed by atoms with Gasteiger partial charge in [-0.05, 0) is 52.5 Å². The van der Waals surface area contributed by atoms with Crippen molar-refractivity contribution in [3.05, 3.63) is 36.0 Å². The van der Waals surface area contributed by atoms with Gasteiger partial charge in [-0.2, -0.15) is 0 Å². The molecule has 3 heterocycles. The molecule has 0 saturated carbocycles. The molecule has 230 valence electrons. The molecule has 10 atom stereocenters. The van der Waals surface area contributed by atoms with E-state index in [4.69, 9.17) is 24.7 Å². The van der Waals surface area contributed by atoms with Crippen molar-refractivity contribution < 1.29 is 38.4 Å². The first-order chi connectivity index (χ1) is 19.2. The number of carbonyl (C=O) groups is 3. The standard InChI is InChI=1S/C30H47N3O8/c1-18(8-11-26-28(37)30(17-38-30)14-23(41-26)15-32-29(6,31)16-34)7-10-25-19(2)13-24(21(4)40-25)33-27(36)12-9-20(3)39-22(5)35/h7-9,11-12,16,19-21,23-26,28,32,37H,10,13-15,17,31H2,1-6H3,(H,33,36)/b11-8+,12-9-,18-7+/t19-,20-,21+,23-,24+,25-,26+,28+,29-,30+/m0/s1. The molecule has 3 aliphatic heterocycles. The Labute approximate surface area is 242 Å². The van der Waals surface area contributed by atoms with Gasteiger partial charge < -0.3 is 35.1 Å². The number of epoxide rings is 1. The van der Waals surface area contributed by atoms with Crippen LogP contribution in [0.3, 0.4) is 0 Å². The van der Waals surface area contributed by atoms with E-state index in [1.54, 1.807) is 19.9 Å². The van der Waals surface area contributed by atoms with Crippen LogP contribution in [0.4, 0.5) is 0 Å². The Morgan fingerprint density at radius 2 is 1.95 bits per heavy atom. The van der Waals surface area contributed by atoms with Gasteiger partial charge >= 0.3 is 5.97 Å². The van der Waals surface area contributed by atoms with Gasteiger partial charge in [-0.1, -0.05) is 30.7 Å². The van der Waals surface area contributed by atoms with Crippen LogP contribution in [0.1, 0.15) is 60.8 Å². The molecule has 0 aromatic rings. The Morgan fingerprint density at radius 3 is 2.59 bits per heavy atom. The molecular formula is C30H47N3O8. The monoisotopic (exact) mass is 577 g/mol. The third kappa shape index (κ3) is 9.83. The second-order valence-electron chi connectivity index (χ2n) is 11.9. The number of rotatable bonds is 12. The molecule has 1 spiro atoms. The third-order valence-electron chi connectivity index (χ3n) is 7.88. The molecule has 0 bridgehead atoms. The lowest BCUT2D eigenvalue weighted by molar-refractivity contribution is -0.143. The molecule has 0 aliphatic carbocycles. The van der Waals surface area contributed by atoms with Crippen molar-refractivity contribution >= 4 is 18.2 Å². The summed E-state index contributed by atoms with van der Waals surface area (Å²) in [6.07, 6.45) is 9.24. The minimum Gasteiger partial charge on any atom is -0.459 e. The molecule has 11 heteroatoms. The molecule has 0 aromatic carbocycles. The van der Waals surface area contributed by atoms with Crippen LogP contribution < -0.4 is 16.4 Å². The number of nitrogens with one attached hydrogen (secondary N) is 2. The highest BCUT2D eigenvalue weighted by Crippen LogP contribution is 2.42. The predicted octanol–water partition coefficient (Wildman–Crippen LogP) is 1.44. The number of amides is 1. The van der Waals surface area contributed by atoms with Gasteiger partial charge in [-0.3, -0.25) is 19.7 Å². The van der Waals surface area contributed by atoms with Crippen LogP contribution in [-0.2, 0) is 33.3 Å². The maximum absolute atomic E-state index is 12.4. The second-order valence-corrected chi connectivity index (χ2v) is 11.9. The van der Waals surface area contributed by atoms with Crippen LogP contribution in [0.2, 0.25) is 0 Å². The molecule has 3 aliphatic rings. The van der Waals surface area contributed by atoms with E-state index in [-0.39, 0.29) is 36.2 Å². The van der Waals surface area contributed by atoms with Gasteiger partial charge in [0.05, 0.1) is 31.0 Å². The van der Waals surface area contributed by atoms with Crippen molar-refractivity contribution in [1.29, 1.82) is 0 Å². The fourth-order valence-electron chi connectivity index (χ4n) is 5.26. The first-order valence-electron chi connectivity index (χ1n) is 14.4. The summed E-state index contributed by atoms with van der Waals surface area (Å²) < 4.78 is 23.0. The highest BCUT2D eigenvalue weighted by molar-refractivity contribution is 5.87. The normalized spacial score (nSPS) is 36.2. The molecule has 0 unspecified atom stereocenters. The zero-order valence-corrected chi connectivity index (χ0v) is 25.0. The number of esters is 1. The molecule has 1 amide bonds. The van der Waals surface area contributed by atoms with Gasteiger partial charge in [0, 0.05) is 26.0 Å². The van der Waals surface area contributed by atoms with E-state index in [0.717, 1.165) is 12.0 Å². The summed E-state index contributed by atoms with van der Waals surface area (Å²) in [6.45, 7) is 11.5. The van der Waals surface area contributed by atoms with E-state index < -0.39 is 35.5 Å². The lowest BCUT2D eigenvalue weighted by Crippen LogP contribution is -2.58. The van der Waals surface area contributed by atoms with Gasteiger partial charge in [0.15, 0.2) is 6.29 Å². The zero-order valence-electron chi connectivity index (χ0n) is 25.0. The fraction of sp³-hybridized carbons (Fsp3) is 0.700. The summed E-state index contributed by atoms with van der Waals surface area (Å²) in [5, 5.41) is 16.8. The van der Waals surface area contributed by atoms with Crippen molar-refractivity contribution in [3.63, 3.8) is 0 Å². The van der Waals surface area contributed by atoms with Crippen molar-refractivity contribution in [1.82, 2.24) is 10.6 Å². The summed E-state index contributed by atoms with van der Waals surface area (Å²) >= 11 is 0. The minimum absolute atomic E-state index is 0.000431. The second kappa shape index (κ2) is 14.2. The summed E-state index contributed by atoms with van der Waals surface area (Å²) in [4.78, 5) is 34.5. The van der Waals surface area contributed by atoms with Gasteiger partial charge in [0.2, 0.25) is 5.91 Å². The van der Waals surface area contributed by atoms with E-state index in [1.807, 2.05) is 26.0 Å². The largest absolute Gasteiger partial charge is 0.459 e. The highest BCUT2D eigenvalue weighted by Gasteiger charge is 2.58. The number of allylic oxidation sites excluding steroid dienone is 2. The zero-order chi connectivity index (χ0) is 30.4. The average molecular weight is 578 g/mol. The first kappa shape index (κ1) is 33.1. The third-order valence-corrected chi connectivity index (χ3v) is 7.88. The van der Waals surface area contributed by atoms with Crippen LogP contribution in [0.15, 0.2) is 36.0 Å². The molecule has 41 heavy (non-hydrogen) atoms. The molecule has 3 rings (SSSR count). The number of carbonyl (C=O) groups excluding carboxylic acids is 3. The van der Waals surface area contributed by atoms with E-state index in [9.17, 15) is 19.5 Å². The summed E-state index contributed by atoms with van der Waals surface area (Å²) in [5.41, 5.74) is 5.11. The van der Waals surface area contributed by atoms with Crippen molar-refractivity contribution in [2.75, 3.05) is 13.2 Å². The predicted molar refractivity (Wildman–Crippen MR) is 153 cm³/mol. The smallest absolute Gasteiger partial charge is 0.303 e. The number of hydrogen-bond acceptors (Lipinski definition) is 10. The molecule has 11 nitrogen and oxygen atoms in total. The molecule has 3 fully saturated rings. The van der Waals surface area contributed by atoms with Gasteiger partial charge in [-0.15, -0.1) is 0 Å². The van der Waals surface area contributed by atoms with Crippen LogP contribution in [0, 0.1) is 5.92 Å². The number of aliphatic hydroxyl groups excluding tert-OH is 1. The van der Waals surface area contributed by atoms with Gasteiger partial charge in [0.1, 0.15) is 29.6 Å². The van der Waals surface area contributed by atoms with E-state index >= 15 is 0 Å². The number of ether oxygens (including phenoxy) is 4. The topological polar surface area (TPSA) is 162 Å². The Kier molecular flexibility index (Phi) is 11.4. The minimum atomic E-state index is -1.15. The Hall–Kier alpha value is -2.41. The van der Waals surface area contributed by atoms with Crippen LogP contribution in [0.25, 0.3) is 0 Å². The van der Waals surface area contributed by atoms with Crippen LogP contribution in [0.5, 0.6) is 0 Å². The lowest BCUT2D eigenvalue weighted by Gasteiger charge is -2.39. The molecule has 3 saturated heterocycles. The summed E-state index contributed by atoms with van der Waals surface area (Å²) in [6, 6.07) is -0.125.